The standard InChI is InChI=1S/C27H21ClF9N3O3/c1-14(9-16(10-15(2)28)26(32,33)34)24(27(35,36)37)11-21(40-43-24)19-7-8-20(18-6-4-3-5-17(18)19)23(42)38-12-22(41)39-13-25(29,30)31/h3-10H,1,11-13H2,2H3,(H,38,42)(H,39,41)/b15-10+,16-9+/t24-/m0/s1. The Balaban J connectivity index is 1.94. The number of hydrogen-bond acceptors (Lipinski definition) is 4. The first kappa shape index (κ1) is 33.5. The molecule has 1 aliphatic heterocycles. The van der Waals surface area contributed by atoms with Gasteiger partial charge in [0.15, 0.2) is 0 Å². The number of amides is 2. The Morgan fingerprint density at radius 2 is 1.63 bits per heavy atom. The molecule has 0 spiro atoms. The number of benzene rings is 2. The van der Waals surface area contributed by atoms with Gasteiger partial charge in [0, 0.05) is 28.2 Å². The van der Waals surface area contributed by atoms with Crippen molar-refractivity contribution >= 4 is 39.9 Å². The van der Waals surface area contributed by atoms with Crippen LogP contribution in [0.5, 0.6) is 0 Å². The first-order chi connectivity index (χ1) is 19.7. The lowest BCUT2D eigenvalue weighted by molar-refractivity contribution is -0.251. The molecule has 0 saturated carbocycles. The Kier molecular flexibility index (Phi) is 9.59. The predicted octanol–water partition coefficient (Wildman–Crippen LogP) is 6.86. The number of carbonyl (C=O) groups is 2. The van der Waals surface area contributed by atoms with E-state index in [1.807, 2.05) is 0 Å². The molecule has 2 aromatic carbocycles. The molecule has 6 nitrogen and oxygen atoms in total. The molecule has 0 radical (unpaired) electrons. The first-order valence-electron chi connectivity index (χ1n) is 12.0. The zero-order chi connectivity index (χ0) is 32.4. The van der Waals surface area contributed by atoms with E-state index >= 15 is 0 Å². The second kappa shape index (κ2) is 12.3. The lowest BCUT2D eigenvalue weighted by Gasteiger charge is -2.30. The Morgan fingerprint density at radius 1 is 1.00 bits per heavy atom. The summed E-state index contributed by atoms with van der Waals surface area (Å²) in [5.41, 5.74) is -6.31. The maximum atomic E-state index is 14.4. The van der Waals surface area contributed by atoms with Crippen LogP contribution in [0.15, 0.2) is 76.5 Å². The topological polar surface area (TPSA) is 79.8 Å². The van der Waals surface area contributed by atoms with Crippen molar-refractivity contribution in [1.82, 2.24) is 10.6 Å². The minimum Gasteiger partial charge on any atom is -0.374 e. The van der Waals surface area contributed by atoms with Gasteiger partial charge in [-0.15, -0.1) is 0 Å². The van der Waals surface area contributed by atoms with Crippen LogP contribution in [-0.2, 0) is 9.63 Å². The van der Waals surface area contributed by atoms with Crippen LogP contribution in [0, 0.1) is 0 Å². The number of nitrogens with one attached hydrogen (secondary N) is 2. The number of oxime groups is 1. The van der Waals surface area contributed by atoms with E-state index < -0.39 is 66.6 Å². The summed E-state index contributed by atoms with van der Waals surface area (Å²) in [6, 6.07) is 8.23. The van der Waals surface area contributed by atoms with Crippen LogP contribution >= 0.6 is 11.6 Å². The van der Waals surface area contributed by atoms with E-state index in [-0.39, 0.29) is 38.7 Å². The van der Waals surface area contributed by atoms with Gasteiger partial charge in [-0.05, 0) is 35.9 Å². The molecule has 43 heavy (non-hydrogen) atoms. The summed E-state index contributed by atoms with van der Waals surface area (Å²) in [6.45, 7) is 1.91. The Hall–Kier alpha value is -4.01. The Bertz CT molecular complexity index is 1520. The van der Waals surface area contributed by atoms with Crippen molar-refractivity contribution in [2.45, 2.75) is 37.5 Å². The number of rotatable bonds is 8. The molecule has 2 N–H and O–H groups in total. The van der Waals surface area contributed by atoms with Crippen LogP contribution in [0.4, 0.5) is 39.5 Å². The average Bonchev–Trinajstić information content (AvgIpc) is 3.35. The molecule has 1 aliphatic rings. The highest BCUT2D eigenvalue weighted by molar-refractivity contribution is 6.29. The summed E-state index contributed by atoms with van der Waals surface area (Å²) in [5.74, 6) is -1.99. The highest BCUT2D eigenvalue weighted by atomic mass is 35.5. The molecular formula is C27H21ClF9N3O3. The molecule has 0 unspecified atom stereocenters. The van der Waals surface area contributed by atoms with Crippen LogP contribution in [0.3, 0.4) is 0 Å². The summed E-state index contributed by atoms with van der Waals surface area (Å²) >= 11 is 5.53. The van der Waals surface area contributed by atoms with E-state index in [9.17, 15) is 49.1 Å². The van der Waals surface area contributed by atoms with E-state index in [1.54, 1.807) is 5.32 Å². The van der Waals surface area contributed by atoms with Gasteiger partial charge >= 0.3 is 18.5 Å². The number of allylic oxidation sites excluding steroid dienone is 3. The van der Waals surface area contributed by atoms with Gasteiger partial charge in [0.1, 0.15) is 6.54 Å². The monoisotopic (exact) mass is 641 g/mol. The van der Waals surface area contributed by atoms with Gasteiger partial charge in [-0.3, -0.25) is 9.59 Å². The fraction of sp³-hybridized carbons (Fsp3) is 0.296. The van der Waals surface area contributed by atoms with Gasteiger partial charge in [0.05, 0.1) is 17.8 Å². The molecule has 2 amide bonds. The van der Waals surface area contributed by atoms with Gasteiger partial charge in [-0.1, -0.05) is 53.7 Å². The lowest BCUT2D eigenvalue weighted by atomic mass is 9.84. The molecule has 1 heterocycles. The molecule has 1 atom stereocenters. The number of fused-ring (bicyclic) bond motifs is 1. The van der Waals surface area contributed by atoms with Gasteiger partial charge in [-0.25, -0.2) is 0 Å². The minimum atomic E-state index is -5.27. The maximum absolute atomic E-state index is 14.4. The second-order valence-electron chi connectivity index (χ2n) is 9.27. The molecule has 0 aromatic heterocycles. The van der Waals surface area contributed by atoms with Crippen molar-refractivity contribution in [3.8, 4) is 0 Å². The van der Waals surface area contributed by atoms with Crippen molar-refractivity contribution in [2.75, 3.05) is 13.1 Å². The van der Waals surface area contributed by atoms with Gasteiger partial charge in [0.25, 0.3) is 11.5 Å². The summed E-state index contributed by atoms with van der Waals surface area (Å²) in [6.07, 6.45) is -15.5. The zero-order valence-electron chi connectivity index (χ0n) is 21.9. The summed E-state index contributed by atoms with van der Waals surface area (Å²) < 4.78 is 120. The van der Waals surface area contributed by atoms with Crippen LogP contribution < -0.4 is 10.6 Å². The molecule has 0 fully saturated rings. The first-order valence-corrected chi connectivity index (χ1v) is 12.4. The second-order valence-corrected chi connectivity index (χ2v) is 9.86. The highest BCUT2D eigenvalue weighted by Gasteiger charge is 2.62. The fourth-order valence-corrected chi connectivity index (χ4v) is 4.19. The predicted molar refractivity (Wildman–Crippen MR) is 139 cm³/mol. The van der Waals surface area contributed by atoms with E-state index in [0.717, 1.165) is 6.92 Å². The smallest absolute Gasteiger partial charge is 0.374 e. The summed E-state index contributed by atoms with van der Waals surface area (Å²) in [4.78, 5) is 29.2. The molecule has 0 bridgehead atoms. The Labute approximate surface area is 242 Å². The number of nitrogens with zero attached hydrogens (tertiary/aromatic N) is 1. The fourth-order valence-electron chi connectivity index (χ4n) is 4.07. The average molecular weight is 642 g/mol. The molecule has 3 rings (SSSR count). The number of carbonyl (C=O) groups excluding carboxylic acids is 2. The van der Waals surface area contributed by atoms with E-state index in [2.05, 4.69) is 17.1 Å². The lowest BCUT2D eigenvalue weighted by Crippen LogP contribution is -2.46. The molecule has 16 heteroatoms. The van der Waals surface area contributed by atoms with Crippen molar-refractivity contribution in [1.29, 1.82) is 0 Å². The summed E-state index contributed by atoms with van der Waals surface area (Å²) in [5, 5.41) is 7.30. The van der Waals surface area contributed by atoms with Crippen LogP contribution in [0.2, 0.25) is 0 Å². The van der Waals surface area contributed by atoms with Crippen LogP contribution in [0.25, 0.3) is 10.8 Å². The van der Waals surface area contributed by atoms with Crippen molar-refractivity contribution < 1.29 is 53.9 Å². The van der Waals surface area contributed by atoms with E-state index in [0.29, 0.717) is 6.08 Å². The molecule has 2 aromatic rings. The van der Waals surface area contributed by atoms with E-state index in [1.165, 1.54) is 36.4 Å². The van der Waals surface area contributed by atoms with Crippen LogP contribution in [0.1, 0.15) is 29.3 Å². The third-order valence-corrected chi connectivity index (χ3v) is 6.20. The normalized spacial score (nSPS) is 18.3. The minimum absolute atomic E-state index is 0.0468. The molecule has 232 valence electrons. The molecular weight excluding hydrogens is 621 g/mol. The number of hydrogen-bond donors (Lipinski definition) is 2. The zero-order valence-corrected chi connectivity index (χ0v) is 22.7. The molecule has 0 aliphatic carbocycles. The van der Waals surface area contributed by atoms with Crippen molar-refractivity contribution in [3.63, 3.8) is 0 Å². The maximum Gasteiger partial charge on any atom is 0.435 e. The highest BCUT2D eigenvalue weighted by Crippen LogP contribution is 2.47. The summed E-state index contributed by atoms with van der Waals surface area (Å²) in [7, 11) is 0. The SMILES string of the molecule is C=C(/C=C(\C=C(/C)Cl)C(F)(F)F)[C@]1(C(F)(F)F)CC(c2ccc(C(=O)NCC(=O)NCC(F)(F)F)c3ccccc23)=NO1. The quantitative estimate of drug-likeness (QED) is 0.244. The number of halogens is 10. The van der Waals surface area contributed by atoms with Gasteiger partial charge < -0.3 is 15.5 Å². The van der Waals surface area contributed by atoms with Gasteiger partial charge in [-0.2, -0.15) is 39.5 Å². The van der Waals surface area contributed by atoms with Crippen LogP contribution in [-0.4, -0.2) is 54.7 Å². The third kappa shape index (κ3) is 7.89. The molecule has 0 saturated heterocycles. The van der Waals surface area contributed by atoms with Crippen molar-refractivity contribution in [3.05, 3.63) is 82.4 Å². The Morgan fingerprint density at radius 3 is 2.19 bits per heavy atom. The van der Waals surface area contributed by atoms with Gasteiger partial charge in [0.2, 0.25) is 5.91 Å². The third-order valence-electron chi connectivity index (χ3n) is 6.09. The number of alkyl halides is 9. The van der Waals surface area contributed by atoms with Crippen molar-refractivity contribution in [2.24, 2.45) is 5.16 Å². The van der Waals surface area contributed by atoms with E-state index in [4.69, 9.17) is 16.4 Å². The largest absolute Gasteiger partial charge is 0.435 e.